The molecular formula is C47H42ClF3N8O8. The molecule has 5 heterocycles. The van der Waals surface area contributed by atoms with E-state index in [4.69, 9.17) is 26.2 Å². The van der Waals surface area contributed by atoms with Gasteiger partial charge in [-0.15, -0.1) is 5.10 Å². The van der Waals surface area contributed by atoms with Gasteiger partial charge in [-0.3, -0.25) is 39.0 Å². The molecule has 0 aliphatic carbocycles. The Hall–Kier alpha value is -7.30. The molecule has 5 aromatic rings. The summed E-state index contributed by atoms with van der Waals surface area (Å²) in [7, 11) is 0. The number of benzene rings is 3. The monoisotopic (exact) mass is 938 g/mol. The zero-order valence-corrected chi connectivity index (χ0v) is 36.6. The summed E-state index contributed by atoms with van der Waals surface area (Å²) < 4.78 is 53.0. The first-order valence-electron chi connectivity index (χ1n) is 21.4. The van der Waals surface area contributed by atoms with Crippen molar-refractivity contribution in [3.8, 4) is 17.6 Å². The fourth-order valence-corrected chi connectivity index (χ4v) is 8.27. The van der Waals surface area contributed by atoms with E-state index in [0.29, 0.717) is 73.0 Å². The molecule has 3 aromatic carbocycles. The number of nitrogens with zero attached hydrogens (tertiary/aromatic N) is 5. The standard InChI is InChI=1S/C47H42ClF3N8O8/c1-27-28(4-2-5-35(27)43(62)54-32-23-29(47(49,50)51)22-30(48)24-32)7-8-33-26-52-39-12-13-40(56-59(33)39)57-17-15-31(16-18-57)53-41(60)6-3-19-66-20-21-67-34-9-10-36-37(25-34)46(65)58(45(36)64)38-11-14-42(61)55-44(38)63/h2,4-5,9-10,12-13,22-26,31,38H,3,6,11,14-21H2,1H3,(H,53,60)(H,54,62)(H,55,61,63). The molecule has 3 N–H and O–H groups in total. The summed E-state index contributed by atoms with van der Waals surface area (Å²) in [6, 6.07) is 14.9. The third kappa shape index (κ3) is 10.6. The Labute approximate surface area is 386 Å². The summed E-state index contributed by atoms with van der Waals surface area (Å²) in [5, 5.41) is 12.4. The zero-order chi connectivity index (χ0) is 47.4. The lowest BCUT2D eigenvalue weighted by atomic mass is 10.0. The van der Waals surface area contributed by atoms with Crippen molar-refractivity contribution >= 4 is 64.2 Å². The predicted molar refractivity (Wildman–Crippen MR) is 237 cm³/mol. The van der Waals surface area contributed by atoms with Gasteiger partial charge < -0.3 is 25.0 Å². The molecule has 2 saturated heterocycles. The number of hydrogen-bond acceptors (Lipinski definition) is 11. The number of fused-ring (bicyclic) bond motifs is 2. The maximum absolute atomic E-state index is 13.3. The summed E-state index contributed by atoms with van der Waals surface area (Å²) in [6.07, 6.45) is -0.759. The normalized spacial score (nSPS) is 16.4. The van der Waals surface area contributed by atoms with E-state index in [9.17, 15) is 41.9 Å². The van der Waals surface area contributed by atoms with Crippen LogP contribution in [0.1, 0.15) is 92.0 Å². The average molecular weight is 939 g/mol. The Morgan fingerprint density at radius 3 is 2.49 bits per heavy atom. The topological polar surface area (TPSA) is 194 Å². The number of aromatic nitrogens is 3. The van der Waals surface area contributed by atoms with Crippen molar-refractivity contribution < 1.29 is 51.4 Å². The Morgan fingerprint density at radius 1 is 0.925 bits per heavy atom. The smallest absolute Gasteiger partial charge is 0.416 e. The number of hydrogen-bond donors (Lipinski definition) is 3. The number of rotatable bonds is 13. The first-order chi connectivity index (χ1) is 32.1. The lowest BCUT2D eigenvalue weighted by molar-refractivity contribution is -0.138. The summed E-state index contributed by atoms with van der Waals surface area (Å²) >= 11 is 5.89. The number of anilines is 2. The van der Waals surface area contributed by atoms with E-state index in [1.54, 1.807) is 41.9 Å². The largest absolute Gasteiger partial charge is 0.491 e. The number of imide groups is 2. The first-order valence-corrected chi connectivity index (χ1v) is 21.8. The molecule has 346 valence electrons. The van der Waals surface area contributed by atoms with Crippen LogP contribution in [0.15, 0.2) is 72.9 Å². The highest BCUT2D eigenvalue weighted by atomic mass is 35.5. The Balaban J connectivity index is 0.764. The number of imidazole rings is 1. The number of carbonyl (C=O) groups is 6. The summed E-state index contributed by atoms with van der Waals surface area (Å²) in [5.74, 6) is 4.18. The highest BCUT2D eigenvalue weighted by Crippen LogP contribution is 2.34. The zero-order valence-electron chi connectivity index (χ0n) is 35.9. The molecule has 1 atom stereocenters. The van der Waals surface area contributed by atoms with Crippen molar-refractivity contribution in [2.24, 2.45) is 0 Å². The highest BCUT2D eigenvalue weighted by molar-refractivity contribution is 6.31. The number of nitrogens with one attached hydrogen (secondary N) is 3. The van der Waals surface area contributed by atoms with Crippen molar-refractivity contribution in [3.63, 3.8) is 0 Å². The van der Waals surface area contributed by atoms with Gasteiger partial charge in [0.05, 0.1) is 29.5 Å². The quantitative estimate of drug-likeness (QED) is 0.0743. The Bertz CT molecular complexity index is 2870. The molecule has 20 heteroatoms. The average Bonchev–Trinajstić information content (AvgIpc) is 3.81. The van der Waals surface area contributed by atoms with E-state index in [1.165, 1.54) is 18.2 Å². The van der Waals surface area contributed by atoms with Crippen molar-refractivity contribution in [1.29, 1.82) is 0 Å². The minimum Gasteiger partial charge on any atom is -0.491 e. The minimum atomic E-state index is -4.64. The number of carbonyl (C=O) groups excluding carboxylic acids is 6. The van der Waals surface area contributed by atoms with Gasteiger partial charge in [-0.05, 0) is 105 Å². The second kappa shape index (κ2) is 19.7. The van der Waals surface area contributed by atoms with Gasteiger partial charge in [0.15, 0.2) is 5.65 Å². The molecule has 8 rings (SSSR count). The molecule has 3 aliphatic heterocycles. The number of ether oxygens (including phenoxy) is 2. The minimum absolute atomic E-state index is 0.00833. The predicted octanol–water partition coefficient (Wildman–Crippen LogP) is 5.72. The summed E-state index contributed by atoms with van der Waals surface area (Å²) in [5.41, 5.74) is 1.56. The maximum Gasteiger partial charge on any atom is 0.416 e. The van der Waals surface area contributed by atoms with Crippen LogP contribution in [0.2, 0.25) is 5.02 Å². The summed E-state index contributed by atoms with van der Waals surface area (Å²) in [6.45, 7) is 3.70. The van der Waals surface area contributed by atoms with E-state index >= 15 is 0 Å². The van der Waals surface area contributed by atoms with Crippen LogP contribution >= 0.6 is 11.6 Å². The molecule has 2 fully saturated rings. The maximum atomic E-state index is 13.3. The Morgan fingerprint density at radius 2 is 1.72 bits per heavy atom. The van der Waals surface area contributed by atoms with Crippen LogP contribution in [0.3, 0.4) is 0 Å². The lowest BCUT2D eigenvalue weighted by Gasteiger charge is -2.33. The molecule has 0 spiro atoms. The van der Waals surface area contributed by atoms with Crippen LogP contribution in [-0.4, -0.2) is 99.9 Å². The van der Waals surface area contributed by atoms with Crippen LogP contribution in [0.25, 0.3) is 5.65 Å². The first kappa shape index (κ1) is 46.2. The van der Waals surface area contributed by atoms with Gasteiger partial charge in [0.2, 0.25) is 17.7 Å². The van der Waals surface area contributed by atoms with Crippen LogP contribution < -0.4 is 25.6 Å². The van der Waals surface area contributed by atoms with E-state index in [-0.39, 0.29) is 71.8 Å². The van der Waals surface area contributed by atoms with Crippen molar-refractivity contribution in [3.05, 3.63) is 117 Å². The second-order valence-electron chi connectivity index (χ2n) is 16.1. The molecule has 0 saturated carbocycles. The van der Waals surface area contributed by atoms with Gasteiger partial charge in [0.25, 0.3) is 17.7 Å². The van der Waals surface area contributed by atoms with Gasteiger partial charge in [-0.1, -0.05) is 23.6 Å². The molecule has 1 unspecified atom stereocenters. The van der Waals surface area contributed by atoms with Crippen molar-refractivity contribution in [1.82, 2.24) is 30.1 Å². The molecule has 67 heavy (non-hydrogen) atoms. The third-order valence-electron chi connectivity index (χ3n) is 11.5. The molecular weight excluding hydrogens is 897 g/mol. The molecule has 0 bridgehead atoms. The van der Waals surface area contributed by atoms with E-state index in [0.717, 1.165) is 17.0 Å². The van der Waals surface area contributed by atoms with E-state index in [2.05, 4.69) is 37.7 Å². The molecule has 16 nitrogen and oxygen atoms in total. The van der Waals surface area contributed by atoms with Gasteiger partial charge in [0.1, 0.15) is 29.9 Å². The van der Waals surface area contributed by atoms with E-state index < -0.39 is 47.3 Å². The molecule has 0 radical (unpaired) electrons. The fraction of sp³-hybridized carbons (Fsp3) is 0.319. The number of alkyl halides is 3. The lowest BCUT2D eigenvalue weighted by Crippen LogP contribution is -2.54. The molecule has 2 aromatic heterocycles. The Kier molecular flexibility index (Phi) is 13.6. The summed E-state index contributed by atoms with van der Waals surface area (Å²) in [4.78, 5) is 83.2. The molecule has 3 aliphatic rings. The van der Waals surface area contributed by atoms with E-state index in [1.807, 2.05) is 12.1 Å². The number of halogens is 4. The molecule has 6 amide bonds. The van der Waals surface area contributed by atoms with Crippen LogP contribution in [0.4, 0.5) is 24.7 Å². The number of piperidine rings is 2. The van der Waals surface area contributed by atoms with Gasteiger partial charge in [-0.25, -0.2) is 9.50 Å². The van der Waals surface area contributed by atoms with Crippen molar-refractivity contribution in [2.45, 2.75) is 63.7 Å². The van der Waals surface area contributed by atoms with Gasteiger partial charge in [0, 0.05) is 60.4 Å². The van der Waals surface area contributed by atoms with Crippen LogP contribution in [0, 0.1) is 18.8 Å². The van der Waals surface area contributed by atoms with Gasteiger partial charge in [-0.2, -0.15) is 13.2 Å². The SMILES string of the molecule is Cc1c(C#Cc2cnc3ccc(N4CCC(NC(=O)CCCOCCOc5ccc6c(c5)C(=O)N(C5CCC(=O)NC5=O)C6=O)CC4)nn23)cccc1C(=O)Nc1cc(Cl)cc(C(F)(F)F)c1. The second-order valence-corrected chi connectivity index (χ2v) is 16.5. The van der Waals surface area contributed by atoms with Crippen molar-refractivity contribution in [2.75, 3.05) is 43.1 Å². The number of amides is 6. The highest BCUT2D eigenvalue weighted by Gasteiger charge is 2.44. The van der Waals surface area contributed by atoms with Crippen LogP contribution in [0.5, 0.6) is 5.75 Å². The third-order valence-corrected chi connectivity index (χ3v) is 11.7. The van der Waals surface area contributed by atoms with Crippen LogP contribution in [-0.2, 0) is 25.3 Å². The fourth-order valence-electron chi connectivity index (χ4n) is 8.04. The van der Waals surface area contributed by atoms with Gasteiger partial charge >= 0.3 is 6.18 Å².